The topological polar surface area (TPSA) is 159 Å². The second-order valence-corrected chi connectivity index (χ2v) is 10.6. The molecule has 0 saturated carbocycles. The lowest BCUT2D eigenvalue weighted by Crippen LogP contribution is -2.31. The zero-order valence-electron chi connectivity index (χ0n) is 22.4. The number of hydrogen-bond donors (Lipinski definition) is 2. The predicted octanol–water partition coefficient (Wildman–Crippen LogP) is 4.53. The molecular formula is C26H26Cl3N9O4. The molecule has 1 saturated heterocycles. The van der Waals surface area contributed by atoms with Gasteiger partial charge in [0.2, 0.25) is 11.6 Å². The molecule has 42 heavy (non-hydrogen) atoms. The van der Waals surface area contributed by atoms with Crippen molar-refractivity contribution in [2.45, 2.75) is 32.4 Å². The number of benzene rings is 2. The minimum atomic E-state index is -0.560. The molecule has 1 aliphatic rings. The van der Waals surface area contributed by atoms with E-state index in [1.54, 1.807) is 37.4 Å². The summed E-state index contributed by atoms with van der Waals surface area (Å²) in [5.74, 6) is 0.339. The van der Waals surface area contributed by atoms with Gasteiger partial charge in [0.1, 0.15) is 18.1 Å². The van der Waals surface area contributed by atoms with Gasteiger partial charge in [-0.3, -0.25) is 9.69 Å². The van der Waals surface area contributed by atoms with E-state index >= 15 is 0 Å². The average molecular weight is 635 g/mol. The number of piperidine rings is 1. The number of rotatable bonds is 10. The Balaban J connectivity index is 1.33. The molecule has 13 nitrogen and oxygen atoms in total. The summed E-state index contributed by atoms with van der Waals surface area (Å²) in [5.41, 5.74) is 10.3. The highest BCUT2D eigenvalue weighted by molar-refractivity contribution is 6.40. The van der Waals surface area contributed by atoms with E-state index in [1.807, 2.05) is 0 Å². The predicted molar refractivity (Wildman–Crippen MR) is 157 cm³/mol. The number of hydrazone groups is 1. The third-order valence-corrected chi connectivity index (χ3v) is 7.27. The van der Waals surface area contributed by atoms with Gasteiger partial charge >= 0.3 is 0 Å². The molecule has 1 aliphatic heterocycles. The first-order valence-electron chi connectivity index (χ1n) is 12.9. The third kappa shape index (κ3) is 6.76. The molecule has 1 fully saturated rings. The van der Waals surface area contributed by atoms with Gasteiger partial charge in [-0.05, 0) is 72.1 Å². The zero-order chi connectivity index (χ0) is 29.6. The number of hydrogen-bond acceptors (Lipinski definition) is 11. The van der Waals surface area contributed by atoms with E-state index in [0.717, 1.165) is 25.9 Å². The number of halogens is 3. The molecule has 0 unspecified atom stereocenters. The number of ether oxygens (including phenoxy) is 2. The molecule has 3 heterocycles. The number of likely N-dealkylation sites (tertiary alicyclic amines) is 1. The Labute approximate surface area is 255 Å². The van der Waals surface area contributed by atoms with Gasteiger partial charge in [0, 0.05) is 17.1 Å². The van der Waals surface area contributed by atoms with Crippen LogP contribution in [0.15, 0.2) is 40.1 Å². The zero-order valence-corrected chi connectivity index (χ0v) is 24.7. The van der Waals surface area contributed by atoms with Crippen molar-refractivity contribution in [1.82, 2.24) is 35.6 Å². The molecule has 1 amide bonds. The molecular weight excluding hydrogens is 609 g/mol. The van der Waals surface area contributed by atoms with Gasteiger partial charge < -0.3 is 15.2 Å². The van der Waals surface area contributed by atoms with E-state index < -0.39 is 5.91 Å². The van der Waals surface area contributed by atoms with Crippen molar-refractivity contribution in [3.05, 3.63) is 67.9 Å². The van der Waals surface area contributed by atoms with E-state index in [0.29, 0.717) is 39.9 Å². The molecule has 0 spiro atoms. The first kappa shape index (κ1) is 29.6. The molecule has 0 radical (unpaired) electrons. The van der Waals surface area contributed by atoms with Crippen molar-refractivity contribution in [3.63, 3.8) is 0 Å². The summed E-state index contributed by atoms with van der Waals surface area (Å²) >= 11 is 18.5. The van der Waals surface area contributed by atoms with Crippen molar-refractivity contribution >= 4 is 52.7 Å². The first-order valence-corrected chi connectivity index (χ1v) is 14.0. The normalized spacial score (nSPS) is 13.9. The summed E-state index contributed by atoms with van der Waals surface area (Å²) in [7, 11) is 1.55. The lowest BCUT2D eigenvalue weighted by molar-refractivity contribution is 0.0944. The van der Waals surface area contributed by atoms with Crippen molar-refractivity contribution in [3.8, 4) is 17.3 Å². The number of carbonyl (C=O) groups is 1. The largest absolute Gasteiger partial charge is 0.496 e. The van der Waals surface area contributed by atoms with Gasteiger partial charge in [-0.2, -0.15) is 9.78 Å². The highest BCUT2D eigenvalue weighted by atomic mass is 35.5. The quantitative estimate of drug-likeness (QED) is 0.187. The number of carbonyl (C=O) groups excluding carboxylic acids is 1. The molecule has 0 aliphatic carbocycles. The summed E-state index contributed by atoms with van der Waals surface area (Å²) < 4.78 is 17.2. The highest BCUT2D eigenvalue weighted by Crippen LogP contribution is 2.36. The Morgan fingerprint density at radius 2 is 1.90 bits per heavy atom. The van der Waals surface area contributed by atoms with E-state index in [9.17, 15) is 4.79 Å². The SMILES string of the molecule is COc1ccc(C=NNC(=O)c2c(CN3CCCCC3)nnn2-c2nonc2N)cc1COc1c(Cl)cc(Cl)cc1Cl. The van der Waals surface area contributed by atoms with Crippen molar-refractivity contribution in [1.29, 1.82) is 0 Å². The molecule has 16 heteroatoms. The molecule has 5 rings (SSSR count). The van der Waals surface area contributed by atoms with Crippen LogP contribution in [0.2, 0.25) is 15.1 Å². The molecule has 220 valence electrons. The van der Waals surface area contributed by atoms with Crippen LogP contribution in [0.4, 0.5) is 5.82 Å². The average Bonchev–Trinajstić information content (AvgIpc) is 3.58. The monoisotopic (exact) mass is 633 g/mol. The van der Waals surface area contributed by atoms with E-state index in [4.69, 9.17) is 54.6 Å². The van der Waals surface area contributed by atoms with Crippen LogP contribution < -0.4 is 20.6 Å². The van der Waals surface area contributed by atoms with Gasteiger partial charge in [-0.15, -0.1) is 5.10 Å². The van der Waals surface area contributed by atoms with Crippen LogP contribution in [0.25, 0.3) is 5.82 Å². The fourth-order valence-electron chi connectivity index (χ4n) is 4.49. The fraction of sp³-hybridized carbons (Fsp3) is 0.308. The molecule has 2 aromatic carbocycles. The summed E-state index contributed by atoms with van der Waals surface area (Å²) in [6.07, 6.45) is 4.81. The Morgan fingerprint density at radius 3 is 2.60 bits per heavy atom. The first-order chi connectivity index (χ1) is 20.3. The van der Waals surface area contributed by atoms with Crippen LogP contribution in [0.5, 0.6) is 11.5 Å². The summed E-state index contributed by atoms with van der Waals surface area (Å²) in [6.45, 7) is 2.33. The van der Waals surface area contributed by atoms with Crippen LogP contribution in [0.3, 0.4) is 0 Å². The number of nitrogens with one attached hydrogen (secondary N) is 1. The van der Waals surface area contributed by atoms with E-state index in [-0.39, 0.29) is 34.0 Å². The van der Waals surface area contributed by atoms with Crippen LogP contribution in [-0.4, -0.2) is 62.5 Å². The second-order valence-electron chi connectivity index (χ2n) is 9.36. The van der Waals surface area contributed by atoms with Gasteiger partial charge in [0.15, 0.2) is 11.4 Å². The summed E-state index contributed by atoms with van der Waals surface area (Å²) in [6, 6.07) is 8.40. The number of amides is 1. The molecule has 3 N–H and O–H groups in total. The second kappa shape index (κ2) is 13.4. The van der Waals surface area contributed by atoms with Crippen LogP contribution in [0, 0.1) is 0 Å². The standard InChI is InChI=1S/C26H26Cl3N9O4/c1-40-21-6-5-15(9-16(21)14-41-23-18(28)10-17(27)11-19(23)29)12-31-33-26(39)22-20(13-37-7-3-2-4-8-37)32-36-38(22)25-24(30)34-42-35-25/h5-6,9-12H,2-4,7-8,13-14H2,1H3,(H2,30,34)(H,33,39). The fourth-order valence-corrected chi connectivity index (χ4v) is 5.42. The third-order valence-electron chi connectivity index (χ3n) is 6.49. The van der Waals surface area contributed by atoms with Gasteiger partial charge in [0.05, 0.1) is 23.4 Å². The van der Waals surface area contributed by atoms with Gasteiger partial charge in [-0.25, -0.2) is 10.1 Å². The van der Waals surface area contributed by atoms with E-state index in [2.05, 4.69) is 36.1 Å². The van der Waals surface area contributed by atoms with Crippen molar-refractivity contribution in [2.75, 3.05) is 25.9 Å². The number of nitrogens with zero attached hydrogens (tertiary/aromatic N) is 7. The number of aromatic nitrogens is 5. The Bertz CT molecular complexity index is 1580. The summed E-state index contributed by atoms with van der Waals surface area (Å²) in [5, 5.41) is 20.8. The molecule has 0 atom stereocenters. The van der Waals surface area contributed by atoms with Crippen molar-refractivity contribution < 1.29 is 18.9 Å². The Morgan fingerprint density at radius 1 is 1.14 bits per heavy atom. The minimum absolute atomic E-state index is 0.0314. The van der Waals surface area contributed by atoms with Gasteiger partial charge in [-0.1, -0.05) is 46.4 Å². The number of methoxy groups -OCH3 is 1. The lowest BCUT2D eigenvalue weighted by atomic mass is 10.1. The van der Waals surface area contributed by atoms with Crippen molar-refractivity contribution in [2.24, 2.45) is 5.10 Å². The summed E-state index contributed by atoms with van der Waals surface area (Å²) in [4.78, 5) is 15.6. The maximum atomic E-state index is 13.4. The minimum Gasteiger partial charge on any atom is -0.496 e. The Hall–Kier alpha value is -3.91. The maximum absolute atomic E-state index is 13.4. The number of anilines is 1. The highest BCUT2D eigenvalue weighted by Gasteiger charge is 2.26. The van der Waals surface area contributed by atoms with E-state index in [1.165, 1.54) is 17.3 Å². The molecule has 4 aromatic rings. The van der Waals surface area contributed by atoms with Gasteiger partial charge in [0.25, 0.3) is 5.91 Å². The molecule has 0 bridgehead atoms. The maximum Gasteiger partial charge on any atom is 0.292 e. The van der Waals surface area contributed by atoms with Crippen LogP contribution in [0.1, 0.15) is 46.6 Å². The van der Waals surface area contributed by atoms with Crippen LogP contribution in [-0.2, 0) is 13.2 Å². The van der Waals surface area contributed by atoms with Crippen LogP contribution >= 0.6 is 34.8 Å². The number of nitrogen functional groups attached to an aromatic ring is 1. The smallest absolute Gasteiger partial charge is 0.292 e. The number of nitrogens with two attached hydrogens (primary N) is 1. The molecule has 2 aromatic heterocycles. The lowest BCUT2D eigenvalue weighted by Gasteiger charge is -2.25. The Kier molecular flexibility index (Phi) is 9.42.